The van der Waals surface area contributed by atoms with Gasteiger partial charge in [-0.3, -0.25) is 0 Å². The minimum Gasteiger partial charge on any atom is -0.497 e. The molecular formula is C10H11NO2. The third-order valence-corrected chi connectivity index (χ3v) is 1.82. The molecule has 0 aliphatic carbocycles. The van der Waals surface area contributed by atoms with Crippen molar-refractivity contribution < 1.29 is 9.84 Å². The zero-order valence-corrected chi connectivity index (χ0v) is 7.45. The van der Waals surface area contributed by atoms with Gasteiger partial charge >= 0.3 is 0 Å². The van der Waals surface area contributed by atoms with E-state index < -0.39 is 0 Å². The smallest absolute Gasteiger partial charge is 0.120 e. The van der Waals surface area contributed by atoms with Gasteiger partial charge in [0, 0.05) is 6.61 Å². The molecule has 0 aliphatic heterocycles. The molecule has 0 saturated heterocycles. The van der Waals surface area contributed by atoms with E-state index in [0.29, 0.717) is 17.7 Å². The number of ether oxygens (including phenoxy) is 1. The van der Waals surface area contributed by atoms with Gasteiger partial charge in [-0.15, -0.1) is 0 Å². The fourth-order valence-corrected chi connectivity index (χ4v) is 1.13. The monoisotopic (exact) mass is 177 g/mol. The van der Waals surface area contributed by atoms with Crippen molar-refractivity contribution in [2.75, 3.05) is 13.7 Å². The Labute approximate surface area is 77.2 Å². The normalized spacial score (nSPS) is 9.31. The molecule has 0 heterocycles. The van der Waals surface area contributed by atoms with E-state index in [9.17, 15) is 0 Å². The number of rotatable bonds is 3. The van der Waals surface area contributed by atoms with E-state index in [-0.39, 0.29) is 6.61 Å². The van der Waals surface area contributed by atoms with E-state index in [4.69, 9.17) is 15.1 Å². The Morgan fingerprint density at radius 2 is 2.31 bits per heavy atom. The highest BCUT2D eigenvalue weighted by molar-refractivity contribution is 5.43. The van der Waals surface area contributed by atoms with Crippen molar-refractivity contribution in [1.82, 2.24) is 0 Å². The first-order valence-corrected chi connectivity index (χ1v) is 3.99. The number of methoxy groups -OCH3 is 1. The van der Waals surface area contributed by atoms with Gasteiger partial charge in [-0.1, -0.05) is 6.07 Å². The van der Waals surface area contributed by atoms with Crippen LogP contribution in [0, 0.1) is 11.3 Å². The molecule has 3 heteroatoms. The molecule has 0 aromatic heterocycles. The quantitative estimate of drug-likeness (QED) is 0.752. The van der Waals surface area contributed by atoms with Crippen LogP contribution >= 0.6 is 0 Å². The molecule has 0 aliphatic rings. The Balaban J connectivity index is 3.02. The SMILES string of the molecule is COc1ccc(CCO)c(C#N)c1. The van der Waals surface area contributed by atoms with Crippen LogP contribution in [0.15, 0.2) is 18.2 Å². The van der Waals surface area contributed by atoms with Gasteiger partial charge in [0.1, 0.15) is 5.75 Å². The van der Waals surface area contributed by atoms with Crippen molar-refractivity contribution in [3.63, 3.8) is 0 Å². The number of hydrogen-bond acceptors (Lipinski definition) is 3. The van der Waals surface area contributed by atoms with Gasteiger partial charge < -0.3 is 9.84 Å². The number of aliphatic hydroxyl groups excluding tert-OH is 1. The Kier molecular flexibility index (Phi) is 3.30. The van der Waals surface area contributed by atoms with Crippen molar-refractivity contribution >= 4 is 0 Å². The first kappa shape index (κ1) is 9.56. The second kappa shape index (κ2) is 4.48. The summed E-state index contributed by atoms with van der Waals surface area (Å²) in [6, 6.07) is 7.32. The predicted octanol–water partition coefficient (Wildman–Crippen LogP) is 1.10. The molecule has 3 nitrogen and oxygen atoms in total. The Morgan fingerprint density at radius 3 is 2.85 bits per heavy atom. The average molecular weight is 177 g/mol. The van der Waals surface area contributed by atoms with Crippen LogP contribution in [-0.4, -0.2) is 18.8 Å². The highest BCUT2D eigenvalue weighted by Crippen LogP contribution is 2.17. The van der Waals surface area contributed by atoms with Crippen LogP contribution in [0.2, 0.25) is 0 Å². The zero-order chi connectivity index (χ0) is 9.68. The summed E-state index contributed by atoms with van der Waals surface area (Å²) in [4.78, 5) is 0. The number of nitrogens with zero attached hydrogens (tertiary/aromatic N) is 1. The molecule has 13 heavy (non-hydrogen) atoms. The van der Waals surface area contributed by atoms with Crippen molar-refractivity contribution in [3.05, 3.63) is 29.3 Å². The molecule has 0 spiro atoms. The van der Waals surface area contributed by atoms with E-state index in [1.54, 1.807) is 25.3 Å². The maximum Gasteiger partial charge on any atom is 0.120 e. The number of benzene rings is 1. The van der Waals surface area contributed by atoms with Crippen molar-refractivity contribution in [3.8, 4) is 11.8 Å². The minimum absolute atomic E-state index is 0.0566. The fourth-order valence-electron chi connectivity index (χ4n) is 1.13. The summed E-state index contributed by atoms with van der Waals surface area (Å²) in [6.45, 7) is 0.0566. The van der Waals surface area contributed by atoms with Crippen LogP contribution in [0.25, 0.3) is 0 Å². The van der Waals surface area contributed by atoms with E-state index in [2.05, 4.69) is 6.07 Å². The van der Waals surface area contributed by atoms with Crippen LogP contribution in [-0.2, 0) is 6.42 Å². The lowest BCUT2D eigenvalue weighted by molar-refractivity contribution is 0.299. The van der Waals surface area contributed by atoms with E-state index in [1.165, 1.54) is 0 Å². The first-order valence-electron chi connectivity index (χ1n) is 3.99. The van der Waals surface area contributed by atoms with E-state index in [1.807, 2.05) is 0 Å². The van der Waals surface area contributed by atoms with Gasteiger partial charge in [0.05, 0.1) is 18.7 Å². The molecule has 1 rings (SSSR count). The fraction of sp³-hybridized carbons (Fsp3) is 0.300. The lowest BCUT2D eigenvalue weighted by atomic mass is 10.1. The van der Waals surface area contributed by atoms with Gasteiger partial charge in [0.25, 0.3) is 0 Å². The molecule has 0 radical (unpaired) electrons. The summed E-state index contributed by atoms with van der Waals surface area (Å²) in [7, 11) is 1.56. The van der Waals surface area contributed by atoms with Crippen LogP contribution in [0.5, 0.6) is 5.75 Å². The summed E-state index contributed by atoms with van der Waals surface area (Å²) >= 11 is 0. The lowest BCUT2D eigenvalue weighted by Crippen LogP contribution is -1.95. The standard InChI is InChI=1S/C10H11NO2/c1-13-10-3-2-8(4-5-12)9(6-10)7-11/h2-3,6,12H,4-5H2,1H3. The molecular weight excluding hydrogens is 166 g/mol. The number of aliphatic hydroxyl groups is 1. The van der Waals surface area contributed by atoms with Crippen molar-refractivity contribution in [1.29, 1.82) is 5.26 Å². The van der Waals surface area contributed by atoms with Crippen LogP contribution in [0.1, 0.15) is 11.1 Å². The first-order chi connectivity index (χ1) is 6.31. The average Bonchev–Trinajstić information content (AvgIpc) is 2.19. The Bertz CT molecular complexity index is 328. The maximum atomic E-state index is 8.78. The molecule has 0 unspecified atom stereocenters. The van der Waals surface area contributed by atoms with E-state index >= 15 is 0 Å². The van der Waals surface area contributed by atoms with Crippen molar-refractivity contribution in [2.24, 2.45) is 0 Å². The second-order valence-electron chi connectivity index (χ2n) is 2.61. The molecule has 0 amide bonds. The predicted molar refractivity (Wildman–Crippen MR) is 48.5 cm³/mol. The van der Waals surface area contributed by atoms with Gasteiger partial charge in [0.2, 0.25) is 0 Å². The Hall–Kier alpha value is -1.53. The molecule has 0 bridgehead atoms. The minimum atomic E-state index is 0.0566. The lowest BCUT2D eigenvalue weighted by Gasteiger charge is -2.04. The van der Waals surface area contributed by atoms with Crippen LogP contribution in [0.4, 0.5) is 0 Å². The molecule has 68 valence electrons. The van der Waals surface area contributed by atoms with Gasteiger partial charge in [-0.05, 0) is 24.1 Å². The highest BCUT2D eigenvalue weighted by Gasteiger charge is 2.02. The molecule has 1 aromatic rings. The molecule has 0 saturated carbocycles. The molecule has 1 aromatic carbocycles. The summed E-state index contributed by atoms with van der Waals surface area (Å²) in [5, 5.41) is 17.5. The zero-order valence-electron chi connectivity index (χ0n) is 7.45. The van der Waals surface area contributed by atoms with Gasteiger partial charge in [-0.2, -0.15) is 5.26 Å². The third-order valence-electron chi connectivity index (χ3n) is 1.82. The molecule has 0 atom stereocenters. The molecule has 0 fully saturated rings. The Morgan fingerprint density at radius 1 is 1.54 bits per heavy atom. The van der Waals surface area contributed by atoms with Crippen LogP contribution in [0.3, 0.4) is 0 Å². The van der Waals surface area contributed by atoms with Crippen molar-refractivity contribution in [2.45, 2.75) is 6.42 Å². The summed E-state index contributed by atoms with van der Waals surface area (Å²) in [6.07, 6.45) is 0.507. The van der Waals surface area contributed by atoms with Gasteiger partial charge in [0.15, 0.2) is 0 Å². The van der Waals surface area contributed by atoms with E-state index in [0.717, 1.165) is 5.56 Å². The summed E-state index contributed by atoms with van der Waals surface area (Å²) in [5.41, 5.74) is 1.42. The number of hydrogen-bond donors (Lipinski definition) is 1. The summed E-state index contributed by atoms with van der Waals surface area (Å²) < 4.78 is 4.98. The van der Waals surface area contributed by atoms with Gasteiger partial charge in [-0.25, -0.2) is 0 Å². The largest absolute Gasteiger partial charge is 0.497 e. The topological polar surface area (TPSA) is 53.2 Å². The summed E-state index contributed by atoms with van der Waals surface area (Å²) in [5.74, 6) is 0.665. The molecule has 1 N–H and O–H groups in total. The van der Waals surface area contributed by atoms with Crippen LogP contribution < -0.4 is 4.74 Å². The third kappa shape index (κ3) is 2.20. The second-order valence-corrected chi connectivity index (χ2v) is 2.61. The highest BCUT2D eigenvalue weighted by atomic mass is 16.5. The number of nitriles is 1. The maximum absolute atomic E-state index is 8.78.